The highest BCUT2D eigenvalue weighted by Crippen LogP contribution is 2.17. The van der Waals surface area contributed by atoms with Crippen LogP contribution in [0.3, 0.4) is 0 Å². The zero-order chi connectivity index (χ0) is 20.9. The number of nitrogens with zero attached hydrogens (tertiary/aromatic N) is 3. The van der Waals surface area contributed by atoms with Crippen LogP contribution in [0.25, 0.3) is 10.8 Å². The molecule has 7 nitrogen and oxygen atoms in total. The predicted molar refractivity (Wildman–Crippen MR) is 115 cm³/mol. The first-order chi connectivity index (χ1) is 14.7. The summed E-state index contributed by atoms with van der Waals surface area (Å²) in [5.74, 6) is -0.311. The van der Waals surface area contributed by atoms with Gasteiger partial charge in [-0.15, -0.1) is 0 Å². The normalized spacial score (nSPS) is 16.3. The van der Waals surface area contributed by atoms with Crippen LogP contribution in [-0.2, 0) is 18.0 Å². The second-order valence-electron chi connectivity index (χ2n) is 7.55. The highest BCUT2D eigenvalue weighted by atomic mass is 16.5. The molecule has 156 valence electrons. The molecule has 1 saturated heterocycles. The van der Waals surface area contributed by atoms with Gasteiger partial charge in [-0.25, -0.2) is 4.68 Å². The molecule has 0 bridgehead atoms. The second-order valence-corrected chi connectivity index (χ2v) is 7.55. The van der Waals surface area contributed by atoms with Crippen molar-refractivity contribution in [2.75, 3.05) is 20.2 Å². The fraction of sp³-hybridized carbons (Fsp3) is 0.348. The molecule has 1 fully saturated rings. The molecule has 4 rings (SSSR count). The van der Waals surface area contributed by atoms with E-state index in [4.69, 9.17) is 4.74 Å². The molecule has 2 heterocycles. The summed E-state index contributed by atoms with van der Waals surface area (Å²) in [6.45, 7) is 2.42. The second kappa shape index (κ2) is 9.19. The molecule has 0 saturated carbocycles. The Balaban J connectivity index is 1.69. The van der Waals surface area contributed by atoms with E-state index in [0.717, 1.165) is 25.0 Å². The number of ether oxygens (including phenoxy) is 1. The maximum Gasteiger partial charge on any atom is 0.275 e. The Morgan fingerprint density at radius 2 is 1.90 bits per heavy atom. The van der Waals surface area contributed by atoms with E-state index in [1.54, 1.807) is 31.3 Å². The molecule has 1 N–H and O–H groups in total. The van der Waals surface area contributed by atoms with E-state index in [0.29, 0.717) is 23.9 Å². The van der Waals surface area contributed by atoms with Crippen molar-refractivity contribution in [2.45, 2.75) is 32.2 Å². The Labute approximate surface area is 175 Å². The van der Waals surface area contributed by atoms with Crippen LogP contribution in [0.15, 0.2) is 59.4 Å². The molecule has 1 aromatic heterocycles. The summed E-state index contributed by atoms with van der Waals surface area (Å²) >= 11 is 0. The molecule has 0 aliphatic carbocycles. The number of rotatable bonds is 7. The van der Waals surface area contributed by atoms with Crippen LogP contribution in [-0.4, -0.2) is 46.9 Å². The minimum absolute atomic E-state index is 0.142. The summed E-state index contributed by atoms with van der Waals surface area (Å²) in [5, 5.41) is 8.11. The predicted octanol–water partition coefficient (Wildman–Crippen LogP) is 2.39. The molecule has 1 aliphatic heterocycles. The van der Waals surface area contributed by atoms with Crippen molar-refractivity contribution in [1.29, 1.82) is 0 Å². The van der Waals surface area contributed by atoms with E-state index in [1.165, 1.54) is 4.68 Å². The van der Waals surface area contributed by atoms with Gasteiger partial charge in [0.1, 0.15) is 0 Å². The Hall–Kier alpha value is -3.03. The number of nitrogens with one attached hydrogen (secondary N) is 1. The van der Waals surface area contributed by atoms with E-state index in [2.05, 4.69) is 27.4 Å². The van der Waals surface area contributed by atoms with E-state index < -0.39 is 0 Å². The van der Waals surface area contributed by atoms with E-state index >= 15 is 0 Å². The minimum Gasteiger partial charge on any atom is -0.377 e. The Bertz CT molecular complexity index is 1070. The van der Waals surface area contributed by atoms with Crippen molar-refractivity contribution in [2.24, 2.45) is 0 Å². The Kier molecular flexibility index (Phi) is 6.21. The van der Waals surface area contributed by atoms with Crippen molar-refractivity contribution in [3.05, 3.63) is 76.2 Å². The molecule has 7 heteroatoms. The van der Waals surface area contributed by atoms with Crippen LogP contribution in [0.1, 0.15) is 28.9 Å². The van der Waals surface area contributed by atoms with Gasteiger partial charge in [-0.05, 0) is 24.5 Å². The fourth-order valence-corrected chi connectivity index (χ4v) is 3.90. The van der Waals surface area contributed by atoms with Gasteiger partial charge in [0.25, 0.3) is 11.5 Å². The summed E-state index contributed by atoms with van der Waals surface area (Å²) < 4.78 is 7.22. The SMILES string of the molecule is CNC(=O)c1nn(CN(Cc2ccccc2)CC2CCCO2)c(=O)c2ccccc12. The molecule has 1 atom stereocenters. The van der Waals surface area contributed by atoms with Crippen molar-refractivity contribution < 1.29 is 9.53 Å². The number of carbonyl (C=O) groups excluding carboxylic acids is 1. The summed E-state index contributed by atoms with van der Waals surface area (Å²) in [6.07, 6.45) is 2.21. The van der Waals surface area contributed by atoms with E-state index in [9.17, 15) is 9.59 Å². The zero-order valence-corrected chi connectivity index (χ0v) is 17.1. The van der Waals surface area contributed by atoms with Crippen LogP contribution in [0, 0.1) is 0 Å². The molecule has 0 radical (unpaired) electrons. The van der Waals surface area contributed by atoms with Crippen molar-refractivity contribution in [3.63, 3.8) is 0 Å². The van der Waals surface area contributed by atoms with Gasteiger partial charge in [-0.2, -0.15) is 5.10 Å². The lowest BCUT2D eigenvalue weighted by molar-refractivity contribution is 0.0560. The van der Waals surface area contributed by atoms with Crippen LogP contribution in [0.5, 0.6) is 0 Å². The zero-order valence-electron chi connectivity index (χ0n) is 17.1. The van der Waals surface area contributed by atoms with Crippen molar-refractivity contribution in [3.8, 4) is 0 Å². The van der Waals surface area contributed by atoms with Gasteiger partial charge in [0.05, 0.1) is 18.2 Å². The molecule has 30 heavy (non-hydrogen) atoms. The first-order valence-corrected chi connectivity index (χ1v) is 10.3. The van der Waals surface area contributed by atoms with Gasteiger partial charge in [0, 0.05) is 32.1 Å². The molecule has 1 aliphatic rings. The summed E-state index contributed by atoms with van der Waals surface area (Å²) in [4.78, 5) is 27.7. The van der Waals surface area contributed by atoms with Crippen molar-refractivity contribution in [1.82, 2.24) is 20.0 Å². The van der Waals surface area contributed by atoms with Gasteiger partial charge in [0.15, 0.2) is 5.69 Å². The molecule has 3 aromatic rings. The monoisotopic (exact) mass is 406 g/mol. The van der Waals surface area contributed by atoms with Crippen molar-refractivity contribution >= 4 is 16.7 Å². The highest BCUT2D eigenvalue weighted by molar-refractivity contribution is 6.04. The third-order valence-electron chi connectivity index (χ3n) is 5.38. The lowest BCUT2D eigenvalue weighted by atomic mass is 10.1. The van der Waals surface area contributed by atoms with Crippen LogP contribution in [0.2, 0.25) is 0 Å². The van der Waals surface area contributed by atoms with E-state index in [-0.39, 0.29) is 29.9 Å². The number of hydrogen-bond donors (Lipinski definition) is 1. The minimum atomic E-state index is -0.311. The largest absolute Gasteiger partial charge is 0.377 e. The lowest BCUT2D eigenvalue weighted by Crippen LogP contribution is -2.39. The Morgan fingerprint density at radius 3 is 2.60 bits per heavy atom. The lowest BCUT2D eigenvalue weighted by Gasteiger charge is -2.26. The molecule has 2 aromatic carbocycles. The van der Waals surface area contributed by atoms with Crippen LogP contribution in [0.4, 0.5) is 0 Å². The maximum absolute atomic E-state index is 13.1. The summed E-state index contributed by atoms with van der Waals surface area (Å²) in [6, 6.07) is 17.2. The van der Waals surface area contributed by atoms with Gasteiger partial charge in [0.2, 0.25) is 0 Å². The number of hydrogen-bond acceptors (Lipinski definition) is 5. The number of carbonyl (C=O) groups is 1. The molecule has 1 amide bonds. The van der Waals surface area contributed by atoms with Gasteiger partial charge in [-0.3, -0.25) is 14.5 Å². The first kappa shape index (κ1) is 20.3. The number of aromatic nitrogens is 2. The summed E-state index contributed by atoms with van der Waals surface area (Å²) in [7, 11) is 1.56. The average Bonchev–Trinajstić information content (AvgIpc) is 3.29. The molecule has 1 unspecified atom stereocenters. The number of fused-ring (bicyclic) bond motifs is 1. The first-order valence-electron chi connectivity index (χ1n) is 10.3. The quantitative estimate of drug-likeness (QED) is 0.652. The van der Waals surface area contributed by atoms with Gasteiger partial charge in [-0.1, -0.05) is 48.5 Å². The summed E-state index contributed by atoms with van der Waals surface area (Å²) in [5.41, 5.74) is 1.20. The third-order valence-corrected chi connectivity index (χ3v) is 5.38. The smallest absolute Gasteiger partial charge is 0.275 e. The molecular weight excluding hydrogens is 380 g/mol. The third kappa shape index (κ3) is 4.42. The number of benzene rings is 2. The molecular formula is C23H26N4O3. The van der Waals surface area contributed by atoms with Gasteiger partial charge >= 0.3 is 0 Å². The standard InChI is InChI=1S/C23H26N4O3/c1-24-22(28)21-19-11-5-6-12-20(19)23(29)27(25-21)16-26(15-18-10-7-13-30-18)14-17-8-3-2-4-9-17/h2-6,8-9,11-12,18H,7,10,13-16H2,1H3,(H,24,28). The Morgan fingerprint density at radius 1 is 1.17 bits per heavy atom. The average molecular weight is 406 g/mol. The van der Waals surface area contributed by atoms with E-state index in [1.807, 2.05) is 18.2 Å². The highest BCUT2D eigenvalue weighted by Gasteiger charge is 2.22. The maximum atomic E-state index is 13.1. The van der Waals surface area contributed by atoms with Crippen LogP contribution < -0.4 is 10.9 Å². The molecule has 0 spiro atoms. The number of amides is 1. The fourth-order valence-electron chi connectivity index (χ4n) is 3.90. The van der Waals surface area contributed by atoms with Gasteiger partial charge < -0.3 is 10.1 Å². The van der Waals surface area contributed by atoms with Crippen LogP contribution >= 0.6 is 0 Å². The topological polar surface area (TPSA) is 76.5 Å².